The van der Waals surface area contributed by atoms with Gasteiger partial charge in [0.05, 0.1) is 5.88 Å². The molecule has 0 aromatic heterocycles. The second-order valence-electron chi connectivity index (χ2n) is 3.02. The van der Waals surface area contributed by atoms with Crippen LogP contribution in [0.1, 0.15) is 13.8 Å². The van der Waals surface area contributed by atoms with Crippen molar-refractivity contribution in [3.05, 3.63) is 0 Å². The Morgan fingerprint density at radius 1 is 1.82 bits per heavy atom. The molecule has 64 valence electrons. The molecular weight excluding hydrogens is 186 g/mol. The first-order valence-electron chi connectivity index (χ1n) is 3.24. The van der Waals surface area contributed by atoms with Crippen LogP contribution < -0.4 is 0 Å². The van der Waals surface area contributed by atoms with Crippen molar-refractivity contribution in [2.24, 2.45) is 0 Å². The monoisotopic (exact) mass is 195 g/mol. The maximum absolute atomic E-state index is 10.7. The molecule has 1 aliphatic rings. The van der Waals surface area contributed by atoms with Crippen LogP contribution in [0.5, 0.6) is 0 Å². The first kappa shape index (κ1) is 9.16. The predicted octanol–water partition coefficient (Wildman–Crippen LogP) is 1.38. The standard InChI is InChI=1S/C6H10ClNO2S/c1-6(2)4(5(9)10)8(7)3-11-6/h4H,3H2,1-2H3,(H,9,10). The molecule has 0 aromatic rings. The van der Waals surface area contributed by atoms with Gasteiger partial charge in [-0.25, -0.2) is 0 Å². The number of thioether (sulfide) groups is 1. The Labute approximate surface area is 74.8 Å². The second-order valence-corrected chi connectivity index (χ2v) is 5.05. The lowest BCUT2D eigenvalue weighted by molar-refractivity contribution is -0.141. The Kier molecular flexibility index (Phi) is 2.37. The van der Waals surface area contributed by atoms with Gasteiger partial charge in [0, 0.05) is 4.75 Å². The summed E-state index contributed by atoms with van der Waals surface area (Å²) in [5, 5.41) is 8.78. The number of carboxylic acids is 1. The number of hydrogen-bond donors (Lipinski definition) is 1. The van der Waals surface area contributed by atoms with E-state index in [0.717, 1.165) is 0 Å². The maximum atomic E-state index is 10.7. The molecule has 5 heteroatoms. The number of carboxylic acid groups (broad SMARTS) is 1. The molecule has 1 unspecified atom stereocenters. The van der Waals surface area contributed by atoms with Crippen LogP contribution in [-0.2, 0) is 4.79 Å². The van der Waals surface area contributed by atoms with E-state index in [1.807, 2.05) is 13.8 Å². The molecule has 0 aromatic carbocycles. The zero-order valence-electron chi connectivity index (χ0n) is 6.37. The molecule has 1 N–H and O–H groups in total. The van der Waals surface area contributed by atoms with E-state index in [1.54, 1.807) is 11.8 Å². The van der Waals surface area contributed by atoms with Crippen LogP contribution in [-0.4, -0.2) is 32.2 Å². The zero-order valence-corrected chi connectivity index (χ0v) is 7.95. The number of rotatable bonds is 1. The van der Waals surface area contributed by atoms with Gasteiger partial charge in [0.25, 0.3) is 0 Å². The van der Waals surface area contributed by atoms with Crippen molar-refractivity contribution in [2.45, 2.75) is 24.6 Å². The smallest absolute Gasteiger partial charge is 0.323 e. The fraction of sp³-hybridized carbons (Fsp3) is 0.833. The van der Waals surface area contributed by atoms with Gasteiger partial charge in [-0.3, -0.25) is 4.79 Å². The fourth-order valence-electron chi connectivity index (χ4n) is 1.14. The molecule has 1 saturated heterocycles. The minimum absolute atomic E-state index is 0.284. The van der Waals surface area contributed by atoms with E-state index in [0.29, 0.717) is 5.88 Å². The van der Waals surface area contributed by atoms with E-state index >= 15 is 0 Å². The average Bonchev–Trinajstić information content (AvgIpc) is 2.06. The lowest BCUT2D eigenvalue weighted by atomic mass is 10.0. The van der Waals surface area contributed by atoms with Crippen molar-refractivity contribution in [3.63, 3.8) is 0 Å². The fourth-order valence-corrected chi connectivity index (χ4v) is 2.66. The van der Waals surface area contributed by atoms with Crippen molar-refractivity contribution in [1.29, 1.82) is 0 Å². The number of nitrogens with zero attached hydrogens (tertiary/aromatic N) is 1. The molecule has 0 spiro atoms. The Balaban J connectivity index is 2.80. The van der Waals surface area contributed by atoms with Crippen LogP contribution in [0, 0.1) is 0 Å². The molecule has 0 saturated carbocycles. The molecule has 3 nitrogen and oxygen atoms in total. The number of halogens is 1. The highest BCUT2D eigenvalue weighted by Gasteiger charge is 2.45. The Hall–Kier alpha value is 0.0700. The molecular formula is C6H10ClNO2S. The van der Waals surface area contributed by atoms with E-state index in [1.165, 1.54) is 4.42 Å². The molecule has 0 radical (unpaired) electrons. The van der Waals surface area contributed by atoms with Crippen LogP contribution >= 0.6 is 23.5 Å². The number of hydrogen-bond acceptors (Lipinski definition) is 3. The van der Waals surface area contributed by atoms with E-state index in [-0.39, 0.29) is 4.75 Å². The highest BCUT2D eigenvalue weighted by molar-refractivity contribution is 8.00. The summed E-state index contributed by atoms with van der Waals surface area (Å²) >= 11 is 7.25. The number of aliphatic carboxylic acids is 1. The summed E-state index contributed by atoms with van der Waals surface area (Å²) in [7, 11) is 0. The molecule has 1 rings (SSSR count). The van der Waals surface area contributed by atoms with Gasteiger partial charge in [-0.05, 0) is 25.6 Å². The normalized spacial score (nSPS) is 30.6. The second kappa shape index (κ2) is 2.84. The SMILES string of the molecule is CC1(C)SCN(Cl)C1C(=O)O. The minimum Gasteiger partial charge on any atom is -0.480 e. The van der Waals surface area contributed by atoms with Crippen LogP contribution in [0.2, 0.25) is 0 Å². The lowest BCUT2D eigenvalue weighted by Crippen LogP contribution is -2.42. The Morgan fingerprint density at radius 2 is 2.36 bits per heavy atom. The van der Waals surface area contributed by atoms with Gasteiger partial charge < -0.3 is 5.11 Å². The quantitative estimate of drug-likeness (QED) is 0.642. The third-order valence-electron chi connectivity index (χ3n) is 1.73. The molecule has 0 aliphatic carbocycles. The summed E-state index contributed by atoms with van der Waals surface area (Å²) in [4.78, 5) is 10.7. The Morgan fingerprint density at radius 3 is 2.55 bits per heavy atom. The summed E-state index contributed by atoms with van der Waals surface area (Å²) in [6.45, 7) is 3.78. The summed E-state index contributed by atoms with van der Waals surface area (Å²) in [5.74, 6) is -0.277. The molecule has 11 heavy (non-hydrogen) atoms. The average molecular weight is 196 g/mol. The largest absolute Gasteiger partial charge is 0.480 e. The lowest BCUT2D eigenvalue weighted by Gasteiger charge is -2.23. The molecule has 1 heterocycles. The number of carbonyl (C=O) groups is 1. The summed E-state index contributed by atoms with van der Waals surface area (Å²) in [6.07, 6.45) is 0. The van der Waals surface area contributed by atoms with Crippen molar-refractivity contribution >= 4 is 29.5 Å². The van der Waals surface area contributed by atoms with E-state index < -0.39 is 12.0 Å². The predicted molar refractivity (Wildman–Crippen MR) is 45.7 cm³/mol. The van der Waals surface area contributed by atoms with E-state index in [9.17, 15) is 4.79 Å². The van der Waals surface area contributed by atoms with Crippen LogP contribution in [0.15, 0.2) is 0 Å². The topological polar surface area (TPSA) is 40.5 Å². The van der Waals surface area contributed by atoms with Crippen molar-refractivity contribution in [1.82, 2.24) is 4.42 Å². The van der Waals surface area contributed by atoms with Crippen LogP contribution in [0.4, 0.5) is 0 Å². The highest BCUT2D eigenvalue weighted by Crippen LogP contribution is 2.40. The summed E-state index contributed by atoms with van der Waals surface area (Å²) < 4.78 is 1.06. The van der Waals surface area contributed by atoms with Gasteiger partial charge in [0.15, 0.2) is 0 Å². The van der Waals surface area contributed by atoms with Crippen molar-refractivity contribution in [2.75, 3.05) is 5.88 Å². The minimum atomic E-state index is -0.852. The zero-order chi connectivity index (χ0) is 8.65. The first-order chi connectivity index (χ1) is 4.95. The van der Waals surface area contributed by atoms with Gasteiger partial charge in [0.1, 0.15) is 6.04 Å². The van der Waals surface area contributed by atoms with Gasteiger partial charge in [-0.1, -0.05) is 0 Å². The maximum Gasteiger partial charge on any atom is 0.323 e. The first-order valence-corrected chi connectivity index (χ1v) is 4.56. The van der Waals surface area contributed by atoms with Crippen molar-refractivity contribution in [3.8, 4) is 0 Å². The van der Waals surface area contributed by atoms with Gasteiger partial charge in [0.2, 0.25) is 0 Å². The molecule has 1 atom stereocenters. The van der Waals surface area contributed by atoms with E-state index in [2.05, 4.69) is 0 Å². The van der Waals surface area contributed by atoms with Gasteiger partial charge in [-0.2, -0.15) is 4.42 Å². The van der Waals surface area contributed by atoms with Crippen LogP contribution in [0.25, 0.3) is 0 Å². The highest BCUT2D eigenvalue weighted by atomic mass is 35.5. The molecule has 0 bridgehead atoms. The molecule has 1 fully saturated rings. The summed E-state index contributed by atoms with van der Waals surface area (Å²) in [6, 6.07) is -0.575. The summed E-state index contributed by atoms with van der Waals surface area (Å²) in [5.41, 5.74) is 0. The van der Waals surface area contributed by atoms with Crippen molar-refractivity contribution < 1.29 is 9.90 Å². The van der Waals surface area contributed by atoms with Crippen LogP contribution in [0.3, 0.4) is 0 Å². The van der Waals surface area contributed by atoms with Gasteiger partial charge in [-0.15, -0.1) is 11.8 Å². The van der Waals surface area contributed by atoms with Gasteiger partial charge >= 0.3 is 5.97 Å². The molecule has 0 amide bonds. The Bertz CT molecular complexity index is 185. The molecule has 1 aliphatic heterocycles. The van der Waals surface area contributed by atoms with E-state index in [4.69, 9.17) is 16.9 Å². The third kappa shape index (κ3) is 1.63. The third-order valence-corrected chi connectivity index (χ3v) is 3.56.